The average Bonchev–Trinajstić information content (AvgIpc) is 2.41. The first kappa shape index (κ1) is 12.4. The Hall–Kier alpha value is -2.07. The Morgan fingerprint density at radius 2 is 2.00 bits per heavy atom. The zero-order valence-electron chi connectivity index (χ0n) is 10.4. The minimum absolute atomic E-state index is 0.521. The second-order valence-electron chi connectivity index (χ2n) is 3.96. The standard InChI is InChI=1S/C14H17N3O/c1-11-3-2-9-16-14(11)17-12-4-6-13(7-5-12)18-10-8-15/h2-7,9H,8,10,15H2,1H3,(H,16,17). The lowest BCUT2D eigenvalue weighted by molar-refractivity contribution is 0.328. The molecular formula is C14H17N3O. The van der Waals surface area contributed by atoms with Crippen molar-refractivity contribution in [3.05, 3.63) is 48.2 Å². The number of anilines is 2. The maximum absolute atomic E-state index is 5.42. The normalized spacial score (nSPS) is 10.1. The van der Waals surface area contributed by atoms with Crippen LogP contribution in [-0.2, 0) is 0 Å². The van der Waals surface area contributed by atoms with Crippen molar-refractivity contribution in [1.29, 1.82) is 0 Å². The maximum atomic E-state index is 5.42. The van der Waals surface area contributed by atoms with Crippen molar-refractivity contribution in [2.45, 2.75) is 6.92 Å². The lowest BCUT2D eigenvalue weighted by Crippen LogP contribution is -2.10. The van der Waals surface area contributed by atoms with E-state index in [9.17, 15) is 0 Å². The minimum atomic E-state index is 0.521. The molecule has 18 heavy (non-hydrogen) atoms. The van der Waals surface area contributed by atoms with Gasteiger partial charge in [0.25, 0.3) is 0 Å². The second-order valence-corrected chi connectivity index (χ2v) is 3.96. The van der Waals surface area contributed by atoms with Gasteiger partial charge in [-0.2, -0.15) is 0 Å². The Labute approximate surface area is 107 Å². The Morgan fingerprint density at radius 3 is 2.67 bits per heavy atom. The molecule has 0 saturated carbocycles. The summed E-state index contributed by atoms with van der Waals surface area (Å²) in [5.41, 5.74) is 7.47. The van der Waals surface area contributed by atoms with Gasteiger partial charge in [-0.25, -0.2) is 4.98 Å². The molecule has 1 aromatic heterocycles. The predicted octanol–water partition coefficient (Wildman–Crippen LogP) is 2.47. The number of benzene rings is 1. The highest BCUT2D eigenvalue weighted by atomic mass is 16.5. The summed E-state index contributed by atoms with van der Waals surface area (Å²) in [6.07, 6.45) is 1.77. The average molecular weight is 243 g/mol. The summed E-state index contributed by atoms with van der Waals surface area (Å²) in [4.78, 5) is 4.29. The molecule has 94 valence electrons. The third-order valence-corrected chi connectivity index (χ3v) is 2.51. The zero-order chi connectivity index (χ0) is 12.8. The molecule has 0 fully saturated rings. The number of hydrogen-bond acceptors (Lipinski definition) is 4. The van der Waals surface area contributed by atoms with E-state index in [0.717, 1.165) is 22.8 Å². The molecule has 2 aromatic rings. The van der Waals surface area contributed by atoms with Gasteiger partial charge in [-0.3, -0.25) is 0 Å². The highest BCUT2D eigenvalue weighted by Crippen LogP contribution is 2.20. The SMILES string of the molecule is Cc1cccnc1Nc1ccc(OCCN)cc1. The Balaban J connectivity index is 2.04. The van der Waals surface area contributed by atoms with Crippen LogP contribution in [0.25, 0.3) is 0 Å². The van der Waals surface area contributed by atoms with Gasteiger partial charge < -0.3 is 15.8 Å². The van der Waals surface area contributed by atoms with E-state index in [1.165, 1.54) is 0 Å². The van der Waals surface area contributed by atoms with Crippen molar-refractivity contribution in [2.24, 2.45) is 5.73 Å². The first-order valence-corrected chi connectivity index (χ1v) is 5.91. The van der Waals surface area contributed by atoms with Gasteiger partial charge in [0.2, 0.25) is 0 Å². The number of pyridine rings is 1. The number of rotatable bonds is 5. The van der Waals surface area contributed by atoms with E-state index < -0.39 is 0 Å². The fourth-order valence-electron chi connectivity index (χ4n) is 1.56. The summed E-state index contributed by atoms with van der Waals surface area (Å²) >= 11 is 0. The highest BCUT2D eigenvalue weighted by molar-refractivity contribution is 5.59. The zero-order valence-corrected chi connectivity index (χ0v) is 10.4. The largest absolute Gasteiger partial charge is 0.492 e. The van der Waals surface area contributed by atoms with Crippen molar-refractivity contribution in [3.8, 4) is 5.75 Å². The molecule has 1 heterocycles. The fraction of sp³-hybridized carbons (Fsp3) is 0.214. The van der Waals surface area contributed by atoms with Crippen LogP contribution in [-0.4, -0.2) is 18.1 Å². The summed E-state index contributed by atoms with van der Waals surface area (Å²) in [5, 5.41) is 3.26. The molecule has 0 aliphatic heterocycles. The van der Waals surface area contributed by atoms with Crippen LogP contribution >= 0.6 is 0 Å². The van der Waals surface area contributed by atoms with E-state index in [2.05, 4.69) is 10.3 Å². The molecule has 0 radical (unpaired) electrons. The molecule has 0 bridgehead atoms. The van der Waals surface area contributed by atoms with Crippen molar-refractivity contribution < 1.29 is 4.74 Å². The number of aromatic nitrogens is 1. The van der Waals surface area contributed by atoms with Gasteiger partial charge >= 0.3 is 0 Å². The summed E-state index contributed by atoms with van der Waals surface area (Å²) in [5.74, 6) is 1.69. The van der Waals surface area contributed by atoms with Gasteiger partial charge in [0.05, 0.1) is 0 Å². The van der Waals surface area contributed by atoms with Crippen LogP contribution in [0.3, 0.4) is 0 Å². The number of hydrogen-bond donors (Lipinski definition) is 2. The van der Waals surface area contributed by atoms with E-state index in [1.807, 2.05) is 43.3 Å². The summed E-state index contributed by atoms with van der Waals surface area (Å²) in [6.45, 7) is 3.08. The summed E-state index contributed by atoms with van der Waals surface area (Å²) < 4.78 is 5.42. The molecule has 3 N–H and O–H groups in total. The smallest absolute Gasteiger partial charge is 0.133 e. The topological polar surface area (TPSA) is 60.2 Å². The molecule has 4 heteroatoms. The van der Waals surface area contributed by atoms with E-state index in [-0.39, 0.29) is 0 Å². The van der Waals surface area contributed by atoms with Gasteiger partial charge in [0.15, 0.2) is 0 Å². The van der Waals surface area contributed by atoms with Crippen LogP contribution in [0.1, 0.15) is 5.56 Å². The van der Waals surface area contributed by atoms with Crippen LogP contribution in [0, 0.1) is 6.92 Å². The van der Waals surface area contributed by atoms with Gasteiger partial charge in [0, 0.05) is 18.4 Å². The monoisotopic (exact) mass is 243 g/mol. The quantitative estimate of drug-likeness (QED) is 0.847. The predicted molar refractivity (Wildman–Crippen MR) is 73.2 cm³/mol. The molecule has 2 rings (SSSR count). The molecule has 0 unspecified atom stereocenters. The number of ether oxygens (including phenoxy) is 1. The third kappa shape index (κ3) is 3.21. The molecule has 0 atom stereocenters. The van der Waals surface area contributed by atoms with Crippen LogP contribution in [0.2, 0.25) is 0 Å². The van der Waals surface area contributed by atoms with E-state index in [1.54, 1.807) is 6.20 Å². The number of nitrogens with one attached hydrogen (secondary N) is 1. The second kappa shape index (κ2) is 6.02. The molecular weight excluding hydrogens is 226 g/mol. The van der Waals surface area contributed by atoms with Crippen molar-refractivity contribution in [2.75, 3.05) is 18.5 Å². The lowest BCUT2D eigenvalue weighted by Gasteiger charge is -2.09. The molecule has 0 aliphatic carbocycles. The first-order chi connectivity index (χ1) is 8.79. The molecule has 0 saturated heterocycles. The summed E-state index contributed by atoms with van der Waals surface area (Å²) in [7, 11) is 0. The van der Waals surface area contributed by atoms with Crippen LogP contribution in [0.15, 0.2) is 42.6 Å². The van der Waals surface area contributed by atoms with Gasteiger partial charge in [-0.05, 0) is 42.8 Å². The first-order valence-electron chi connectivity index (χ1n) is 5.91. The van der Waals surface area contributed by atoms with Crippen LogP contribution in [0.5, 0.6) is 5.75 Å². The molecule has 1 aromatic carbocycles. The number of aryl methyl sites for hydroxylation is 1. The number of nitrogens with two attached hydrogens (primary N) is 1. The van der Waals surface area contributed by atoms with Crippen molar-refractivity contribution in [1.82, 2.24) is 4.98 Å². The van der Waals surface area contributed by atoms with Crippen molar-refractivity contribution >= 4 is 11.5 Å². The summed E-state index contributed by atoms with van der Waals surface area (Å²) in [6, 6.07) is 11.7. The van der Waals surface area contributed by atoms with Gasteiger partial charge in [0.1, 0.15) is 18.2 Å². The van der Waals surface area contributed by atoms with E-state index in [0.29, 0.717) is 13.2 Å². The molecule has 0 spiro atoms. The Kier molecular flexibility index (Phi) is 4.15. The molecule has 4 nitrogen and oxygen atoms in total. The van der Waals surface area contributed by atoms with Gasteiger partial charge in [-0.15, -0.1) is 0 Å². The van der Waals surface area contributed by atoms with Gasteiger partial charge in [-0.1, -0.05) is 6.07 Å². The van der Waals surface area contributed by atoms with Crippen LogP contribution in [0.4, 0.5) is 11.5 Å². The maximum Gasteiger partial charge on any atom is 0.133 e. The fourth-order valence-corrected chi connectivity index (χ4v) is 1.56. The number of nitrogens with zero attached hydrogens (tertiary/aromatic N) is 1. The third-order valence-electron chi connectivity index (χ3n) is 2.51. The molecule has 0 aliphatic rings. The van der Waals surface area contributed by atoms with E-state index in [4.69, 9.17) is 10.5 Å². The highest BCUT2D eigenvalue weighted by Gasteiger charge is 1.99. The minimum Gasteiger partial charge on any atom is -0.492 e. The lowest BCUT2D eigenvalue weighted by atomic mass is 10.2. The molecule has 0 amide bonds. The van der Waals surface area contributed by atoms with E-state index >= 15 is 0 Å². The van der Waals surface area contributed by atoms with Crippen molar-refractivity contribution in [3.63, 3.8) is 0 Å². The Bertz CT molecular complexity index is 497. The van der Waals surface area contributed by atoms with Crippen LogP contribution < -0.4 is 15.8 Å². The Morgan fingerprint density at radius 1 is 1.22 bits per heavy atom.